The van der Waals surface area contributed by atoms with Gasteiger partial charge < -0.3 is 10.6 Å². The quantitative estimate of drug-likeness (QED) is 0.636. The lowest BCUT2D eigenvalue weighted by molar-refractivity contribution is -0.121. The highest BCUT2D eigenvalue weighted by Crippen LogP contribution is 1.87. The van der Waals surface area contributed by atoms with E-state index in [0.29, 0.717) is 25.4 Å². The maximum absolute atomic E-state index is 11.2. The molecular formula is C10H19ClN2O. The Bertz CT molecular complexity index is 181. The van der Waals surface area contributed by atoms with E-state index in [1.807, 2.05) is 0 Å². The third kappa shape index (κ3) is 9.55. The molecule has 0 saturated carbocycles. The highest BCUT2D eigenvalue weighted by atomic mass is 35.5. The van der Waals surface area contributed by atoms with Crippen LogP contribution in [-0.2, 0) is 4.79 Å². The third-order valence-electron chi connectivity index (χ3n) is 1.59. The van der Waals surface area contributed by atoms with E-state index in [4.69, 9.17) is 11.6 Å². The molecule has 4 heteroatoms. The molecule has 2 N–H and O–H groups in total. The molecule has 0 aliphatic rings. The number of hydrogen-bond donors (Lipinski definition) is 2. The molecule has 1 amide bonds. The van der Waals surface area contributed by atoms with Crippen molar-refractivity contribution in [2.24, 2.45) is 5.92 Å². The van der Waals surface area contributed by atoms with Crippen molar-refractivity contribution in [2.45, 2.75) is 20.3 Å². The second kappa shape index (κ2) is 9.03. The van der Waals surface area contributed by atoms with Gasteiger partial charge in [0.2, 0.25) is 5.91 Å². The van der Waals surface area contributed by atoms with Gasteiger partial charge in [0.1, 0.15) is 0 Å². The molecule has 0 aliphatic carbocycles. The summed E-state index contributed by atoms with van der Waals surface area (Å²) in [5, 5.41) is 5.92. The lowest BCUT2D eigenvalue weighted by Crippen LogP contribution is -2.30. The van der Waals surface area contributed by atoms with Crippen LogP contribution in [0.3, 0.4) is 0 Å². The van der Waals surface area contributed by atoms with Gasteiger partial charge in [-0.25, -0.2) is 0 Å². The second-order valence-corrected chi connectivity index (χ2v) is 3.77. The average Bonchev–Trinajstić information content (AvgIpc) is 2.14. The predicted molar refractivity (Wildman–Crippen MR) is 60.3 cm³/mol. The maximum Gasteiger partial charge on any atom is 0.221 e. The molecule has 3 nitrogen and oxygen atoms in total. The Morgan fingerprint density at radius 2 is 2.21 bits per heavy atom. The number of halogens is 1. The van der Waals surface area contributed by atoms with E-state index in [0.717, 1.165) is 6.54 Å². The summed E-state index contributed by atoms with van der Waals surface area (Å²) in [6, 6.07) is 0. The SMILES string of the molecule is CC(C)CNC(=O)CCNC/C=C/Cl. The minimum atomic E-state index is 0.0982. The van der Waals surface area contributed by atoms with Crippen LogP contribution in [0.5, 0.6) is 0 Å². The summed E-state index contributed by atoms with van der Waals surface area (Å²) in [4.78, 5) is 11.2. The molecule has 0 aromatic heterocycles. The average molecular weight is 219 g/mol. The van der Waals surface area contributed by atoms with E-state index in [1.165, 1.54) is 5.54 Å². The summed E-state index contributed by atoms with van der Waals surface area (Å²) >= 11 is 5.33. The molecule has 0 bridgehead atoms. The fraction of sp³-hybridized carbons (Fsp3) is 0.700. The Hall–Kier alpha value is -0.540. The molecule has 0 heterocycles. The van der Waals surface area contributed by atoms with Gasteiger partial charge in [-0.05, 0) is 5.92 Å². The van der Waals surface area contributed by atoms with Crippen LogP contribution in [-0.4, -0.2) is 25.5 Å². The van der Waals surface area contributed by atoms with E-state index < -0.39 is 0 Å². The first kappa shape index (κ1) is 13.5. The summed E-state index contributed by atoms with van der Waals surface area (Å²) in [7, 11) is 0. The Balaban J connectivity index is 3.27. The van der Waals surface area contributed by atoms with E-state index in [9.17, 15) is 4.79 Å². The number of carbonyl (C=O) groups is 1. The number of carbonyl (C=O) groups excluding carboxylic acids is 1. The zero-order valence-corrected chi connectivity index (χ0v) is 9.60. The second-order valence-electron chi connectivity index (χ2n) is 3.51. The fourth-order valence-electron chi connectivity index (χ4n) is 0.838. The van der Waals surface area contributed by atoms with Crippen molar-refractivity contribution in [3.05, 3.63) is 11.6 Å². The maximum atomic E-state index is 11.2. The molecule has 0 aromatic carbocycles. The molecule has 0 atom stereocenters. The number of hydrogen-bond acceptors (Lipinski definition) is 2. The zero-order chi connectivity index (χ0) is 10.8. The molecule has 0 aromatic rings. The van der Waals surface area contributed by atoms with Crippen molar-refractivity contribution in [2.75, 3.05) is 19.6 Å². The normalized spacial score (nSPS) is 11.1. The van der Waals surface area contributed by atoms with Crippen LogP contribution in [0.2, 0.25) is 0 Å². The topological polar surface area (TPSA) is 41.1 Å². The van der Waals surface area contributed by atoms with Gasteiger partial charge in [-0.1, -0.05) is 31.5 Å². The molecule has 0 radical (unpaired) electrons. The van der Waals surface area contributed by atoms with Crippen molar-refractivity contribution in [3.8, 4) is 0 Å². The smallest absolute Gasteiger partial charge is 0.221 e. The summed E-state index contributed by atoms with van der Waals surface area (Å²) in [5.41, 5.74) is 1.46. The van der Waals surface area contributed by atoms with Crippen molar-refractivity contribution < 1.29 is 4.79 Å². The predicted octanol–water partition coefficient (Wildman–Crippen LogP) is 1.49. The van der Waals surface area contributed by atoms with Gasteiger partial charge >= 0.3 is 0 Å². The van der Waals surface area contributed by atoms with Crippen LogP contribution in [0, 0.1) is 5.92 Å². The summed E-state index contributed by atoms with van der Waals surface area (Å²) in [6.07, 6.45) is 2.32. The molecule has 14 heavy (non-hydrogen) atoms. The first-order chi connectivity index (χ1) is 6.66. The molecule has 0 fully saturated rings. The Labute approximate surface area is 90.9 Å². The van der Waals surface area contributed by atoms with Crippen LogP contribution in [0.15, 0.2) is 11.6 Å². The van der Waals surface area contributed by atoms with Gasteiger partial charge in [-0.3, -0.25) is 4.79 Å². The minimum absolute atomic E-state index is 0.0982. The van der Waals surface area contributed by atoms with E-state index >= 15 is 0 Å². The summed E-state index contributed by atoms with van der Waals surface area (Å²) < 4.78 is 0. The van der Waals surface area contributed by atoms with Gasteiger partial charge in [0.05, 0.1) is 0 Å². The summed E-state index contributed by atoms with van der Waals surface area (Å²) in [6.45, 7) is 6.29. The molecule has 0 saturated heterocycles. The number of amides is 1. The molecule has 0 unspecified atom stereocenters. The number of rotatable bonds is 7. The summed E-state index contributed by atoms with van der Waals surface area (Å²) in [5.74, 6) is 0.604. The van der Waals surface area contributed by atoms with Gasteiger partial charge in [0.15, 0.2) is 0 Å². The van der Waals surface area contributed by atoms with E-state index in [1.54, 1.807) is 6.08 Å². The molecule has 0 rings (SSSR count). The van der Waals surface area contributed by atoms with Crippen molar-refractivity contribution in [1.29, 1.82) is 0 Å². The standard InChI is InChI=1S/C10H19ClN2O/c1-9(2)8-13-10(14)4-7-12-6-3-5-11/h3,5,9,12H,4,6-8H2,1-2H3,(H,13,14)/b5-3+. The monoisotopic (exact) mass is 218 g/mol. The van der Waals surface area contributed by atoms with E-state index in [-0.39, 0.29) is 5.91 Å². The first-order valence-electron chi connectivity index (χ1n) is 4.89. The largest absolute Gasteiger partial charge is 0.356 e. The van der Waals surface area contributed by atoms with Gasteiger partial charge in [0.25, 0.3) is 0 Å². The molecular weight excluding hydrogens is 200 g/mol. The lowest BCUT2D eigenvalue weighted by Gasteiger charge is -2.07. The highest BCUT2D eigenvalue weighted by molar-refractivity contribution is 6.25. The first-order valence-corrected chi connectivity index (χ1v) is 5.33. The minimum Gasteiger partial charge on any atom is -0.356 e. The van der Waals surface area contributed by atoms with Crippen molar-refractivity contribution in [3.63, 3.8) is 0 Å². The molecule has 0 spiro atoms. The van der Waals surface area contributed by atoms with Crippen molar-refractivity contribution >= 4 is 17.5 Å². The lowest BCUT2D eigenvalue weighted by atomic mass is 10.2. The number of nitrogens with one attached hydrogen (secondary N) is 2. The van der Waals surface area contributed by atoms with Crippen molar-refractivity contribution in [1.82, 2.24) is 10.6 Å². The van der Waals surface area contributed by atoms with Crippen LogP contribution in [0.4, 0.5) is 0 Å². The van der Waals surface area contributed by atoms with Crippen LogP contribution < -0.4 is 10.6 Å². The van der Waals surface area contributed by atoms with Gasteiger partial charge in [0, 0.05) is 31.6 Å². The van der Waals surface area contributed by atoms with Gasteiger partial charge in [-0.2, -0.15) is 0 Å². The van der Waals surface area contributed by atoms with Crippen LogP contribution in [0.1, 0.15) is 20.3 Å². The third-order valence-corrected chi connectivity index (χ3v) is 1.77. The zero-order valence-electron chi connectivity index (χ0n) is 8.85. The molecule has 0 aliphatic heterocycles. The van der Waals surface area contributed by atoms with Gasteiger partial charge in [-0.15, -0.1) is 0 Å². The van der Waals surface area contributed by atoms with Crippen LogP contribution in [0.25, 0.3) is 0 Å². The Kier molecular flexibility index (Phi) is 8.68. The fourth-order valence-corrected chi connectivity index (χ4v) is 0.927. The van der Waals surface area contributed by atoms with E-state index in [2.05, 4.69) is 24.5 Å². The highest BCUT2D eigenvalue weighted by Gasteiger charge is 2.00. The Morgan fingerprint density at radius 1 is 1.50 bits per heavy atom. The Morgan fingerprint density at radius 3 is 2.79 bits per heavy atom. The molecule has 82 valence electrons. The van der Waals surface area contributed by atoms with Crippen LogP contribution >= 0.6 is 11.6 Å².